The van der Waals surface area contributed by atoms with Crippen LogP contribution < -0.4 is 10.2 Å². The zero-order chi connectivity index (χ0) is 17.5. The van der Waals surface area contributed by atoms with E-state index in [1.165, 1.54) is 12.5 Å². The second kappa shape index (κ2) is 8.29. The van der Waals surface area contributed by atoms with Crippen LogP contribution in [0.5, 0.6) is 0 Å². The van der Waals surface area contributed by atoms with Crippen molar-refractivity contribution in [1.29, 1.82) is 0 Å². The molecule has 0 unspecified atom stereocenters. The van der Waals surface area contributed by atoms with Gasteiger partial charge in [-0.1, -0.05) is 36.8 Å². The highest BCUT2D eigenvalue weighted by Crippen LogP contribution is 2.16. The minimum absolute atomic E-state index is 0.0704. The first kappa shape index (κ1) is 17.7. The van der Waals surface area contributed by atoms with E-state index < -0.39 is 0 Å². The monoisotopic (exact) mass is 324 g/mol. The van der Waals surface area contributed by atoms with Crippen LogP contribution in [0.3, 0.4) is 0 Å². The fraction of sp³-hybridized carbons (Fsp3) is 0.300. The number of anilines is 2. The smallest absolute Gasteiger partial charge is 0.226 e. The number of rotatable bonds is 6. The van der Waals surface area contributed by atoms with Gasteiger partial charge < -0.3 is 10.2 Å². The lowest BCUT2D eigenvalue weighted by Gasteiger charge is -2.21. The van der Waals surface area contributed by atoms with Crippen LogP contribution in [-0.4, -0.2) is 18.4 Å². The molecule has 4 heteroatoms. The van der Waals surface area contributed by atoms with E-state index in [-0.39, 0.29) is 18.2 Å². The normalized spacial score (nSPS) is 10.3. The number of hydrogen-bond donors (Lipinski definition) is 1. The van der Waals surface area contributed by atoms with E-state index in [1.54, 1.807) is 4.90 Å². The third kappa shape index (κ3) is 4.95. The van der Waals surface area contributed by atoms with Gasteiger partial charge >= 0.3 is 0 Å². The van der Waals surface area contributed by atoms with Crippen molar-refractivity contribution >= 4 is 23.2 Å². The first-order chi connectivity index (χ1) is 11.5. The predicted molar refractivity (Wildman–Crippen MR) is 98.3 cm³/mol. The molecule has 2 amide bonds. The Bertz CT molecular complexity index is 691. The summed E-state index contributed by atoms with van der Waals surface area (Å²) in [6.07, 6.45) is 1.22. The van der Waals surface area contributed by atoms with Gasteiger partial charge in [-0.25, -0.2) is 0 Å². The van der Waals surface area contributed by atoms with E-state index in [1.807, 2.05) is 55.5 Å². The summed E-state index contributed by atoms with van der Waals surface area (Å²) in [7, 11) is 0. The second-order valence-corrected chi connectivity index (χ2v) is 5.85. The molecule has 0 aliphatic carbocycles. The fourth-order valence-electron chi connectivity index (χ4n) is 2.45. The van der Waals surface area contributed by atoms with Crippen LogP contribution in [0.25, 0.3) is 0 Å². The topological polar surface area (TPSA) is 49.4 Å². The Morgan fingerprint density at radius 2 is 1.62 bits per heavy atom. The molecule has 126 valence electrons. The first-order valence-electron chi connectivity index (χ1n) is 8.23. The third-order valence-electron chi connectivity index (χ3n) is 3.93. The van der Waals surface area contributed by atoms with Gasteiger partial charge in [-0.2, -0.15) is 0 Å². The van der Waals surface area contributed by atoms with Gasteiger partial charge in [-0.15, -0.1) is 0 Å². The molecule has 24 heavy (non-hydrogen) atoms. The predicted octanol–water partition coefficient (Wildman–Crippen LogP) is 3.94. The van der Waals surface area contributed by atoms with Crippen molar-refractivity contribution in [2.24, 2.45) is 0 Å². The highest BCUT2D eigenvalue weighted by atomic mass is 16.2. The highest BCUT2D eigenvalue weighted by molar-refractivity contribution is 5.94. The molecule has 2 aromatic carbocycles. The van der Waals surface area contributed by atoms with Gasteiger partial charge in [0.2, 0.25) is 11.8 Å². The molecule has 0 radical (unpaired) electrons. The van der Waals surface area contributed by atoms with E-state index in [0.717, 1.165) is 23.4 Å². The minimum Gasteiger partial charge on any atom is -0.326 e. The maximum absolute atomic E-state index is 12.1. The van der Waals surface area contributed by atoms with Crippen LogP contribution in [-0.2, 0) is 16.0 Å². The second-order valence-electron chi connectivity index (χ2n) is 5.85. The van der Waals surface area contributed by atoms with E-state index in [9.17, 15) is 9.59 Å². The minimum atomic E-state index is -0.0994. The summed E-state index contributed by atoms with van der Waals surface area (Å²) in [5, 5.41) is 2.87. The Kier molecular flexibility index (Phi) is 6.13. The molecule has 0 saturated heterocycles. The van der Waals surface area contributed by atoms with E-state index in [0.29, 0.717) is 6.54 Å². The summed E-state index contributed by atoms with van der Waals surface area (Å²) in [6, 6.07) is 15.5. The summed E-state index contributed by atoms with van der Waals surface area (Å²) in [6.45, 7) is 5.96. The quantitative estimate of drug-likeness (QED) is 0.875. The maximum Gasteiger partial charge on any atom is 0.226 e. The lowest BCUT2D eigenvalue weighted by atomic mass is 10.1. The zero-order valence-electron chi connectivity index (χ0n) is 14.5. The summed E-state index contributed by atoms with van der Waals surface area (Å²) >= 11 is 0. The fourth-order valence-corrected chi connectivity index (χ4v) is 2.45. The van der Waals surface area contributed by atoms with Crippen molar-refractivity contribution in [2.45, 2.75) is 33.6 Å². The number of nitrogens with zero attached hydrogens (tertiary/aromatic N) is 1. The number of nitrogens with one attached hydrogen (secondary N) is 1. The van der Waals surface area contributed by atoms with Crippen LogP contribution >= 0.6 is 0 Å². The molecule has 1 N–H and O–H groups in total. The van der Waals surface area contributed by atoms with E-state index >= 15 is 0 Å². The molecule has 0 atom stereocenters. The van der Waals surface area contributed by atoms with E-state index in [4.69, 9.17) is 0 Å². The van der Waals surface area contributed by atoms with E-state index in [2.05, 4.69) is 12.2 Å². The van der Waals surface area contributed by atoms with Crippen LogP contribution in [0.1, 0.15) is 31.4 Å². The third-order valence-corrected chi connectivity index (χ3v) is 3.93. The molecule has 0 bridgehead atoms. The summed E-state index contributed by atoms with van der Waals surface area (Å²) in [5.41, 5.74) is 3.96. The lowest BCUT2D eigenvalue weighted by Crippen LogP contribution is -2.31. The Hall–Kier alpha value is -2.62. The van der Waals surface area contributed by atoms with Gasteiger partial charge in [-0.3, -0.25) is 9.59 Å². The standard InChI is InChI=1S/C20H24N2O2/c1-4-17-7-9-18(10-8-17)21-20(24)13-14-22(16(3)23)19-11-5-15(2)6-12-19/h5-12H,4,13-14H2,1-3H3,(H,21,24). The average Bonchev–Trinajstić information content (AvgIpc) is 2.57. The summed E-state index contributed by atoms with van der Waals surface area (Å²) in [5.74, 6) is -0.170. The maximum atomic E-state index is 12.1. The Morgan fingerprint density at radius 3 is 2.17 bits per heavy atom. The van der Waals surface area contributed by atoms with Crippen LogP contribution in [0.15, 0.2) is 48.5 Å². The van der Waals surface area contributed by atoms with Crippen LogP contribution in [0.2, 0.25) is 0 Å². The largest absolute Gasteiger partial charge is 0.326 e. The van der Waals surface area contributed by atoms with Gasteiger partial charge in [0, 0.05) is 31.3 Å². The number of aryl methyl sites for hydroxylation is 2. The Labute approximate surface area is 143 Å². The van der Waals surface area contributed by atoms with Crippen molar-refractivity contribution in [1.82, 2.24) is 0 Å². The summed E-state index contributed by atoms with van der Waals surface area (Å²) < 4.78 is 0. The molecular formula is C20H24N2O2. The molecular weight excluding hydrogens is 300 g/mol. The van der Waals surface area contributed by atoms with Gasteiger partial charge in [0.15, 0.2) is 0 Å². The average molecular weight is 324 g/mol. The van der Waals surface area contributed by atoms with Gasteiger partial charge in [0.1, 0.15) is 0 Å². The van der Waals surface area contributed by atoms with Gasteiger partial charge in [0.25, 0.3) is 0 Å². The number of hydrogen-bond acceptors (Lipinski definition) is 2. The highest BCUT2D eigenvalue weighted by Gasteiger charge is 2.13. The molecule has 0 aliphatic heterocycles. The number of carbonyl (C=O) groups excluding carboxylic acids is 2. The molecule has 0 heterocycles. The molecule has 0 aliphatic rings. The molecule has 0 aromatic heterocycles. The Balaban J connectivity index is 1.94. The molecule has 0 fully saturated rings. The molecule has 4 nitrogen and oxygen atoms in total. The van der Waals surface area contributed by atoms with Crippen molar-refractivity contribution in [3.8, 4) is 0 Å². The number of carbonyl (C=O) groups is 2. The molecule has 2 aromatic rings. The SMILES string of the molecule is CCc1ccc(NC(=O)CCN(C(C)=O)c2ccc(C)cc2)cc1. The van der Waals surface area contributed by atoms with Crippen LogP contribution in [0, 0.1) is 6.92 Å². The number of amides is 2. The van der Waals surface area contributed by atoms with Gasteiger partial charge in [0.05, 0.1) is 0 Å². The first-order valence-corrected chi connectivity index (χ1v) is 8.23. The lowest BCUT2D eigenvalue weighted by molar-refractivity contribution is -0.117. The van der Waals surface area contributed by atoms with Gasteiger partial charge in [-0.05, 0) is 43.2 Å². The summed E-state index contributed by atoms with van der Waals surface area (Å²) in [4.78, 5) is 25.6. The van der Waals surface area contributed by atoms with Crippen molar-refractivity contribution < 1.29 is 9.59 Å². The van der Waals surface area contributed by atoms with Crippen molar-refractivity contribution in [2.75, 3.05) is 16.8 Å². The van der Waals surface area contributed by atoms with Crippen molar-refractivity contribution in [3.63, 3.8) is 0 Å². The Morgan fingerprint density at radius 1 is 1.00 bits per heavy atom. The number of benzene rings is 2. The zero-order valence-corrected chi connectivity index (χ0v) is 14.5. The van der Waals surface area contributed by atoms with Crippen LogP contribution in [0.4, 0.5) is 11.4 Å². The molecule has 0 saturated carbocycles. The van der Waals surface area contributed by atoms with Crippen molar-refractivity contribution in [3.05, 3.63) is 59.7 Å². The molecule has 2 rings (SSSR count). The molecule has 0 spiro atoms.